The summed E-state index contributed by atoms with van der Waals surface area (Å²) in [5.74, 6) is -1.56. The van der Waals surface area contributed by atoms with E-state index < -0.39 is 22.2 Å². The van der Waals surface area contributed by atoms with Crippen LogP contribution in [0.15, 0.2) is 12.1 Å². The molecule has 0 aliphatic rings. The van der Waals surface area contributed by atoms with Crippen molar-refractivity contribution in [1.29, 1.82) is 0 Å². The van der Waals surface area contributed by atoms with Crippen molar-refractivity contribution in [2.75, 3.05) is 11.9 Å². The molecule has 0 saturated heterocycles. The first-order chi connectivity index (χ1) is 7.91. The van der Waals surface area contributed by atoms with Gasteiger partial charge < -0.3 is 5.32 Å². The minimum Gasteiger partial charge on any atom is -0.382 e. The van der Waals surface area contributed by atoms with Gasteiger partial charge in [0.05, 0.1) is 10.6 Å². The van der Waals surface area contributed by atoms with E-state index >= 15 is 0 Å². The Morgan fingerprint density at radius 1 is 1.35 bits per heavy atom. The number of benzene rings is 1. The van der Waals surface area contributed by atoms with Crippen molar-refractivity contribution >= 4 is 11.4 Å². The molecule has 0 amide bonds. The molecule has 0 unspecified atom stereocenters. The average Bonchev–Trinajstić information content (AvgIpc) is 2.20. The van der Waals surface area contributed by atoms with Crippen LogP contribution in [0.2, 0.25) is 0 Å². The topological polar surface area (TPSA) is 55.2 Å². The molecule has 0 atom stereocenters. The summed E-state index contributed by atoms with van der Waals surface area (Å²) in [5, 5.41) is 13.2. The maximum absolute atomic E-state index is 13.3. The highest BCUT2D eigenvalue weighted by molar-refractivity contribution is 5.53. The van der Waals surface area contributed by atoms with Crippen molar-refractivity contribution in [3.05, 3.63) is 33.9 Å². The normalized spacial score (nSPS) is 10.6. The summed E-state index contributed by atoms with van der Waals surface area (Å²) in [5.41, 5.74) is -0.766. The lowest BCUT2D eigenvalue weighted by atomic mass is 10.1. The van der Waals surface area contributed by atoms with Crippen molar-refractivity contribution in [2.45, 2.75) is 20.3 Å². The number of hydrogen-bond donors (Lipinski definition) is 1. The van der Waals surface area contributed by atoms with E-state index in [0.717, 1.165) is 12.5 Å². The minimum atomic E-state index is -1.16. The fraction of sp³-hybridized carbons (Fsp3) is 0.455. The van der Waals surface area contributed by atoms with Gasteiger partial charge in [0.25, 0.3) is 0 Å². The molecule has 1 aromatic carbocycles. The quantitative estimate of drug-likeness (QED) is 0.638. The van der Waals surface area contributed by atoms with Gasteiger partial charge in [0.1, 0.15) is 5.82 Å². The second-order valence-electron chi connectivity index (χ2n) is 4.15. The Balaban J connectivity index is 2.84. The molecule has 0 aliphatic carbocycles. The van der Waals surface area contributed by atoms with Crippen LogP contribution in [0, 0.1) is 27.7 Å². The Bertz CT molecular complexity index is 422. The lowest BCUT2D eigenvalue weighted by molar-refractivity contribution is -0.387. The largest absolute Gasteiger partial charge is 0.382 e. The van der Waals surface area contributed by atoms with Gasteiger partial charge in [0.15, 0.2) is 0 Å². The van der Waals surface area contributed by atoms with Gasteiger partial charge in [-0.3, -0.25) is 10.1 Å². The maximum atomic E-state index is 13.3. The maximum Gasteiger partial charge on any atom is 0.307 e. The van der Waals surface area contributed by atoms with Crippen LogP contribution in [0.25, 0.3) is 0 Å². The second-order valence-corrected chi connectivity index (χ2v) is 4.15. The SMILES string of the molecule is CC(C)CCNc1cc([N+](=O)[O-])c(F)cc1F. The smallest absolute Gasteiger partial charge is 0.307 e. The molecule has 1 aromatic rings. The number of halogens is 2. The molecular weight excluding hydrogens is 230 g/mol. The molecule has 0 heterocycles. The summed E-state index contributed by atoms with van der Waals surface area (Å²) in [4.78, 5) is 9.61. The van der Waals surface area contributed by atoms with E-state index in [1.165, 1.54) is 0 Å². The van der Waals surface area contributed by atoms with E-state index in [0.29, 0.717) is 18.5 Å². The first kappa shape index (κ1) is 13.3. The van der Waals surface area contributed by atoms with Gasteiger partial charge in [-0.25, -0.2) is 4.39 Å². The average molecular weight is 244 g/mol. The summed E-state index contributed by atoms with van der Waals surface area (Å²) >= 11 is 0. The predicted molar refractivity (Wildman–Crippen MR) is 61.0 cm³/mol. The van der Waals surface area contributed by atoms with E-state index in [-0.39, 0.29) is 5.69 Å². The lowest BCUT2D eigenvalue weighted by Gasteiger charge is -2.09. The van der Waals surface area contributed by atoms with Crippen molar-refractivity contribution in [1.82, 2.24) is 0 Å². The number of rotatable bonds is 5. The summed E-state index contributed by atoms with van der Waals surface area (Å²) in [7, 11) is 0. The zero-order valence-corrected chi connectivity index (χ0v) is 9.67. The second kappa shape index (κ2) is 5.56. The van der Waals surface area contributed by atoms with Gasteiger partial charge in [0, 0.05) is 18.7 Å². The van der Waals surface area contributed by atoms with E-state index in [9.17, 15) is 18.9 Å². The van der Waals surface area contributed by atoms with E-state index in [1.807, 2.05) is 13.8 Å². The first-order valence-corrected chi connectivity index (χ1v) is 5.29. The van der Waals surface area contributed by atoms with Gasteiger partial charge >= 0.3 is 5.69 Å². The fourth-order valence-corrected chi connectivity index (χ4v) is 1.31. The van der Waals surface area contributed by atoms with Crippen LogP contribution >= 0.6 is 0 Å². The number of nitro groups is 1. The number of hydrogen-bond acceptors (Lipinski definition) is 3. The summed E-state index contributed by atoms with van der Waals surface area (Å²) in [6, 6.07) is 1.40. The molecule has 0 saturated carbocycles. The number of nitrogens with zero attached hydrogens (tertiary/aromatic N) is 1. The highest BCUT2D eigenvalue weighted by atomic mass is 19.1. The van der Waals surface area contributed by atoms with Gasteiger partial charge in [-0.15, -0.1) is 0 Å². The van der Waals surface area contributed by atoms with Crippen molar-refractivity contribution in [3.63, 3.8) is 0 Å². The van der Waals surface area contributed by atoms with Crippen LogP contribution in [0.3, 0.4) is 0 Å². The minimum absolute atomic E-state index is 0.0428. The summed E-state index contributed by atoms with van der Waals surface area (Å²) < 4.78 is 26.3. The number of anilines is 1. The third-order valence-electron chi connectivity index (χ3n) is 2.27. The summed E-state index contributed by atoms with van der Waals surface area (Å²) in [6.45, 7) is 4.49. The van der Waals surface area contributed by atoms with Crippen molar-refractivity contribution in [2.24, 2.45) is 5.92 Å². The highest BCUT2D eigenvalue weighted by Gasteiger charge is 2.18. The Morgan fingerprint density at radius 2 is 2.00 bits per heavy atom. The van der Waals surface area contributed by atoms with E-state index in [2.05, 4.69) is 5.32 Å². The third-order valence-corrected chi connectivity index (χ3v) is 2.27. The monoisotopic (exact) mass is 244 g/mol. The molecule has 94 valence electrons. The molecule has 4 nitrogen and oxygen atoms in total. The fourth-order valence-electron chi connectivity index (χ4n) is 1.31. The molecule has 0 aromatic heterocycles. The predicted octanol–water partition coefficient (Wildman–Crippen LogP) is 3.33. The Kier molecular flexibility index (Phi) is 4.37. The molecule has 0 aliphatic heterocycles. The van der Waals surface area contributed by atoms with Crippen LogP contribution in [-0.2, 0) is 0 Å². The van der Waals surface area contributed by atoms with Crippen molar-refractivity contribution in [3.8, 4) is 0 Å². The molecule has 0 fully saturated rings. The molecule has 1 rings (SSSR count). The lowest BCUT2D eigenvalue weighted by Crippen LogP contribution is -2.07. The number of nitro benzene ring substituents is 1. The third kappa shape index (κ3) is 3.65. The number of nitrogens with one attached hydrogen (secondary N) is 1. The molecule has 0 spiro atoms. The standard InChI is InChI=1S/C11H14F2N2O2/c1-7(2)3-4-14-10-6-11(15(16)17)9(13)5-8(10)12/h5-7,14H,3-4H2,1-2H3. The van der Waals surface area contributed by atoms with Crippen LogP contribution in [0.4, 0.5) is 20.2 Å². The zero-order chi connectivity index (χ0) is 13.0. The van der Waals surface area contributed by atoms with Crippen molar-refractivity contribution < 1.29 is 13.7 Å². The molecule has 0 bridgehead atoms. The van der Waals surface area contributed by atoms with E-state index in [4.69, 9.17) is 0 Å². The van der Waals surface area contributed by atoms with Gasteiger partial charge in [-0.05, 0) is 12.3 Å². The molecular formula is C11H14F2N2O2. The van der Waals surface area contributed by atoms with Crippen LogP contribution in [0.5, 0.6) is 0 Å². The molecule has 6 heteroatoms. The zero-order valence-electron chi connectivity index (χ0n) is 9.67. The van der Waals surface area contributed by atoms with Crippen LogP contribution in [0.1, 0.15) is 20.3 Å². The summed E-state index contributed by atoms with van der Waals surface area (Å²) in [6.07, 6.45) is 0.796. The molecule has 0 radical (unpaired) electrons. The Labute approximate surface area is 97.8 Å². The molecule has 1 N–H and O–H groups in total. The highest BCUT2D eigenvalue weighted by Crippen LogP contribution is 2.25. The van der Waals surface area contributed by atoms with E-state index in [1.54, 1.807) is 0 Å². The van der Waals surface area contributed by atoms with Gasteiger partial charge in [-0.2, -0.15) is 4.39 Å². The Hall–Kier alpha value is -1.72. The van der Waals surface area contributed by atoms with Crippen LogP contribution < -0.4 is 5.32 Å². The Morgan fingerprint density at radius 3 is 2.53 bits per heavy atom. The van der Waals surface area contributed by atoms with Gasteiger partial charge in [-0.1, -0.05) is 13.8 Å². The molecule has 17 heavy (non-hydrogen) atoms. The first-order valence-electron chi connectivity index (χ1n) is 5.29. The van der Waals surface area contributed by atoms with Gasteiger partial charge in [0.2, 0.25) is 5.82 Å². The van der Waals surface area contributed by atoms with Crippen LogP contribution in [-0.4, -0.2) is 11.5 Å².